The van der Waals surface area contributed by atoms with Crippen LogP contribution in [0.5, 0.6) is 0 Å². The van der Waals surface area contributed by atoms with Crippen LogP contribution in [0, 0.1) is 28.9 Å². The van der Waals surface area contributed by atoms with Crippen LogP contribution >= 0.6 is 0 Å². The molecule has 2 N–H and O–H groups in total. The standard InChI is InChI=1S/C15H17F2N3O2/c1-9(2)5-13(15(22)19-4-3-18)20-14(21)10-6-11(16)8-12(17)7-10/h6-9,13H,4-5H2,1-2H3,(H,19,22)(H,20,21)/t13-/m0/s1. The summed E-state index contributed by atoms with van der Waals surface area (Å²) in [5, 5.41) is 13.3. The molecule has 0 aliphatic heterocycles. The molecule has 1 rings (SSSR count). The van der Waals surface area contributed by atoms with Crippen molar-refractivity contribution in [2.24, 2.45) is 5.92 Å². The van der Waals surface area contributed by atoms with Crippen LogP contribution in [-0.2, 0) is 4.79 Å². The lowest BCUT2D eigenvalue weighted by molar-refractivity contribution is -0.123. The van der Waals surface area contributed by atoms with Crippen molar-refractivity contribution in [1.82, 2.24) is 10.6 Å². The van der Waals surface area contributed by atoms with E-state index >= 15 is 0 Å². The minimum atomic E-state index is -0.882. The smallest absolute Gasteiger partial charge is 0.252 e. The summed E-state index contributed by atoms with van der Waals surface area (Å²) in [5.41, 5.74) is -0.209. The Morgan fingerprint density at radius 1 is 1.23 bits per heavy atom. The molecule has 0 spiro atoms. The Bertz CT molecular complexity index is 577. The van der Waals surface area contributed by atoms with Gasteiger partial charge in [0.25, 0.3) is 5.91 Å². The van der Waals surface area contributed by atoms with Crippen molar-refractivity contribution in [2.45, 2.75) is 26.3 Å². The topological polar surface area (TPSA) is 82.0 Å². The number of carbonyl (C=O) groups is 2. The van der Waals surface area contributed by atoms with Crippen molar-refractivity contribution < 1.29 is 18.4 Å². The fraction of sp³-hybridized carbons (Fsp3) is 0.400. The molecular formula is C15H17F2N3O2. The first kappa shape index (κ1) is 17.6. The second-order valence-electron chi connectivity index (χ2n) is 5.19. The highest BCUT2D eigenvalue weighted by Crippen LogP contribution is 2.10. The molecule has 7 heteroatoms. The van der Waals surface area contributed by atoms with Crippen LogP contribution in [0.15, 0.2) is 18.2 Å². The van der Waals surface area contributed by atoms with Gasteiger partial charge in [-0.25, -0.2) is 8.78 Å². The van der Waals surface area contributed by atoms with Gasteiger partial charge in [-0.15, -0.1) is 0 Å². The fourth-order valence-electron chi connectivity index (χ4n) is 1.88. The molecule has 2 amide bonds. The van der Waals surface area contributed by atoms with Crippen molar-refractivity contribution in [3.05, 3.63) is 35.4 Å². The summed E-state index contributed by atoms with van der Waals surface area (Å²) < 4.78 is 26.3. The Morgan fingerprint density at radius 3 is 2.32 bits per heavy atom. The molecule has 1 aromatic rings. The number of amides is 2. The highest BCUT2D eigenvalue weighted by Gasteiger charge is 2.22. The molecule has 0 aromatic heterocycles. The summed E-state index contributed by atoms with van der Waals surface area (Å²) in [6.45, 7) is 3.54. The summed E-state index contributed by atoms with van der Waals surface area (Å²) in [7, 11) is 0. The monoisotopic (exact) mass is 309 g/mol. The Labute approximate surface area is 127 Å². The Balaban J connectivity index is 2.86. The SMILES string of the molecule is CC(C)C[C@H](NC(=O)c1cc(F)cc(F)c1)C(=O)NCC#N. The van der Waals surface area contributed by atoms with E-state index < -0.39 is 29.5 Å². The van der Waals surface area contributed by atoms with E-state index in [2.05, 4.69) is 10.6 Å². The zero-order valence-electron chi connectivity index (χ0n) is 12.3. The van der Waals surface area contributed by atoms with Crippen molar-refractivity contribution in [3.8, 4) is 6.07 Å². The maximum Gasteiger partial charge on any atom is 0.252 e. The van der Waals surface area contributed by atoms with E-state index in [1.807, 2.05) is 13.8 Å². The third-order valence-electron chi connectivity index (χ3n) is 2.80. The molecule has 22 heavy (non-hydrogen) atoms. The zero-order valence-corrected chi connectivity index (χ0v) is 12.3. The molecule has 0 fully saturated rings. The van der Waals surface area contributed by atoms with Gasteiger partial charge in [0.15, 0.2) is 0 Å². The molecular weight excluding hydrogens is 292 g/mol. The van der Waals surface area contributed by atoms with E-state index in [1.54, 1.807) is 6.07 Å². The predicted molar refractivity (Wildman–Crippen MR) is 75.7 cm³/mol. The molecule has 0 heterocycles. The third kappa shape index (κ3) is 5.48. The van der Waals surface area contributed by atoms with E-state index in [-0.39, 0.29) is 18.0 Å². The third-order valence-corrected chi connectivity index (χ3v) is 2.80. The molecule has 118 valence electrons. The highest BCUT2D eigenvalue weighted by atomic mass is 19.1. The Morgan fingerprint density at radius 2 is 1.82 bits per heavy atom. The molecule has 1 atom stereocenters. The normalized spacial score (nSPS) is 11.6. The summed E-state index contributed by atoms with van der Waals surface area (Å²) >= 11 is 0. The van der Waals surface area contributed by atoms with Crippen LogP contribution in [0.3, 0.4) is 0 Å². The number of rotatable bonds is 6. The average Bonchev–Trinajstić information content (AvgIpc) is 2.42. The van der Waals surface area contributed by atoms with Crippen LogP contribution < -0.4 is 10.6 Å². The number of hydrogen-bond acceptors (Lipinski definition) is 3. The van der Waals surface area contributed by atoms with Crippen LogP contribution in [-0.4, -0.2) is 24.4 Å². The van der Waals surface area contributed by atoms with Gasteiger partial charge in [-0.2, -0.15) is 5.26 Å². The van der Waals surface area contributed by atoms with E-state index in [0.717, 1.165) is 12.1 Å². The van der Waals surface area contributed by atoms with Crippen molar-refractivity contribution in [2.75, 3.05) is 6.54 Å². The molecule has 0 saturated heterocycles. The minimum Gasteiger partial charge on any atom is -0.341 e. The number of nitriles is 1. The molecule has 0 radical (unpaired) electrons. The lowest BCUT2D eigenvalue weighted by Gasteiger charge is -2.19. The van der Waals surface area contributed by atoms with Gasteiger partial charge in [-0.1, -0.05) is 13.8 Å². The van der Waals surface area contributed by atoms with Crippen molar-refractivity contribution >= 4 is 11.8 Å². The fourth-order valence-corrected chi connectivity index (χ4v) is 1.88. The summed E-state index contributed by atoms with van der Waals surface area (Å²) in [6, 6.07) is 3.31. The summed E-state index contributed by atoms with van der Waals surface area (Å²) in [6.07, 6.45) is 0.334. The molecule has 0 unspecified atom stereocenters. The average molecular weight is 309 g/mol. The first-order chi connectivity index (χ1) is 10.3. The van der Waals surface area contributed by atoms with E-state index in [4.69, 9.17) is 5.26 Å². The van der Waals surface area contributed by atoms with Gasteiger partial charge >= 0.3 is 0 Å². The van der Waals surface area contributed by atoms with Gasteiger partial charge in [-0.3, -0.25) is 9.59 Å². The van der Waals surface area contributed by atoms with Gasteiger partial charge < -0.3 is 10.6 Å². The quantitative estimate of drug-likeness (QED) is 0.785. The van der Waals surface area contributed by atoms with E-state index in [9.17, 15) is 18.4 Å². The Kier molecular flexibility index (Phi) is 6.45. The van der Waals surface area contributed by atoms with Crippen LogP contribution in [0.1, 0.15) is 30.6 Å². The van der Waals surface area contributed by atoms with E-state index in [0.29, 0.717) is 12.5 Å². The number of nitrogens with one attached hydrogen (secondary N) is 2. The highest BCUT2D eigenvalue weighted by molar-refractivity contribution is 5.97. The van der Waals surface area contributed by atoms with Crippen LogP contribution in [0.2, 0.25) is 0 Å². The van der Waals surface area contributed by atoms with Gasteiger partial charge in [0.2, 0.25) is 5.91 Å². The lowest BCUT2D eigenvalue weighted by atomic mass is 10.0. The second-order valence-corrected chi connectivity index (χ2v) is 5.19. The minimum absolute atomic E-state index is 0.0994. The summed E-state index contributed by atoms with van der Waals surface area (Å²) in [4.78, 5) is 23.9. The maximum atomic E-state index is 13.1. The van der Waals surface area contributed by atoms with Gasteiger partial charge in [0.1, 0.15) is 24.2 Å². The molecule has 0 aliphatic carbocycles. The number of halogens is 2. The lowest BCUT2D eigenvalue weighted by Crippen LogP contribution is -2.47. The molecule has 0 saturated carbocycles. The number of carbonyl (C=O) groups excluding carboxylic acids is 2. The number of nitrogens with zero attached hydrogens (tertiary/aromatic N) is 1. The Hall–Kier alpha value is -2.49. The first-order valence-corrected chi connectivity index (χ1v) is 6.75. The second kappa shape index (κ2) is 8.08. The maximum absolute atomic E-state index is 13.1. The molecule has 0 aliphatic rings. The van der Waals surface area contributed by atoms with Crippen molar-refractivity contribution in [1.29, 1.82) is 5.26 Å². The molecule has 5 nitrogen and oxygen atoms in total. The molecule has 0 bridgehead atoms. The molecule has 1 aromatic carbocycles. The predicted octanol–water partition coefficient (Wildman–Crippen LogP) is 1.75. The first-order valence-electron chi connectivity index (χ1n) is 6.75. The summed E-state index contributed by atoms with van der Waals surface area (Å²) in [5.74, 6) is -2.92. The van der Waals surface area contributed by atoms with Crippen molar-refractivity contribution in [3.63, 3.8) is 0 Å². The van der Waals surface area contributed by atoms with Crippen LogP contribution in [0.25, 0.3) is 0 Å². The van der Waals surface area contributed by atoms with Gasteiger partial charge in [0.05, 0.1) is 6.07 Å². The largest absolute Gasteiger partial charge is 0.341 e. The van der Waals surface area contributed by atoms with Gasteiger partial charge in [-0.05, 0) is 24.5 Å². The zero-order chi connectivity index (χ0) is 16.7. The van der Waals surface area contributed by atoms with E-state index in [1.165, 1.54) is 0 Å². The van der Waals surface area contributed by atoms with Crippen LogP contribution in [0.4, 0.5) is 8.78 Å². The number of hydrogen-bond donors (Lipinski definition) is 2. The number of benzene rings is 1. The van der Waals surface area contributed by atoms with Gasteiger partial charge in [0, 0.05) is 11.6 Å².